The van der Waals surface area contributed by atoms with Crippen LogP contribution in [-0.2, 0) is 11.3 Å². The Kier molecular flexibility index (Phi) is 5.83. The molecule has 0 radical (unpaired) electrons. The first kappa shape index (κ1) is 16.9. The molecule has 1 saturated heterocycles. The summed E-state index contributed by atoms with van der Waals surface area (Å²) in [5.41, 5.74) is 0.523. The van der Waals surface area contributed by atoms with E-state index in [0.29, 0.717) is 5.41 Å². The molecule has 0 aromatic carbocycles. The van der Waals surface area contributed by atoms with E-state index in [1.165, 1.54) is 4.88 Å². The fraction of sp³-hybridized carbons (Fsp3) is 0.765. The Hall–Kier alpha value is -0.420. The maximum atomic E-state index is 5.60. The predicted molar refractivity (Wildman–Crippen MR) is 90.9 cm³/mol. The first-order chi connectivity index (χ1) is 9.89. The maximum Gasteiger partial charge on any atom is 0.0472 e. The van der Waals surface area contributed by atoms with Gasteiger partial charge in [0.2, 0.25) is 0 Å². The quantitative estimate of drug-likeness (QED) is 0.872. The molecule has 0 unspecified atom stereocenters. The second-order valence-electron chi connectivity index (χ2n) is 7.47. The van der Waals surface area contributed by atoms with E-state index in [-0.39, 0.29) is 5.54 Å². The van der Waals surface area contributed by atoms with Crippen LogP contribution in [0.25, 0.3) is 0 Å². The van der Waals surface area contributed by atoms with Crippen molar-refractivity contribution >= 4 is 11.3 Å². The average molecular weight is 311 g/mol. The minimum absolute atomic E-state index is 0.178. The van der Waals surface area contributed by atoms with Gasteiger partial charge in [-0.05, 0) is 57.5 Å². The molecule has 0 atom stereocenters. The molecule has 1 N–H and O–H groups in total. The van der Waals surface area contributed by atoms with Gasteiger partial charge in [-0.3, -0.25) is 0 Å². The highest BCUT2D eigenvalue weighted by Gasteiger charge is 2.34. The summed E-state index contributed by atoms with van der Waals surface area (Å²) in [6.07, 6.45) is 2.32. The maximum absolute atomic E-state index is 5.60. The van der Waals surface area contributed by atoms with Gasteiger partial charge in [-0.25, -0.2) is 0 Å². The van der Waals surface area contributed by atoms with Crippen LogP contribution < -0.4 is 5.32 Å². The number of thiophene rings is 1. The number of rotatable bonds is 6. The molecule has 2 heterocycles. The van der Waals surface area contributed by atoms with E-state index in [9.17, 15) is 0 Å². The zero-order chi connectivity index (χ0) is 15.3. The molecule has 1 aliphatic heterocycles. The summed E-state index contributed by atoms with van der Waals surface area (Å²) in [5, 5.41) is 5.88. The average Bonchev–Trinajstić information content (AvgIpc) is 2.89. The van der Waals surface area contributed by atoms with Crippen LogP contribution in [0.2, 0.25) is 0 Å². The Balaban J connectivity index is 1.94. The predicted octanol–water partition coefficient (Wildman–Crippen LogP) is 3.36. The van der Waals surface area contributed by atoms with E-state index in [4.69, 9.17) is 4.74 Å². The van der Waals surface area contributed by atoms with Gasteiger partial charge in [-0.2, -0.15) is 0 Å². The number of ether oxygens (including phenoxy) is 1. The van der Waals surface area contributed by atoms with Crippen molar-refractivity contribution in [1.82, 2.24) is 10.2 Å². The van der Waals surface area contributed by atoms with Crippen LogP contribution in [0.3, 0.4) is 0 Å². The van der Waals surface area contributed by atoms with Gasteiger partial charge in [0.25, 0.3) is 0 Å². The molecule has 0 spiro atoms. The summed E-state index contributed by atoms with van der Waals surface area (Å²) in [4.78, 5) is 3.92. The van der Waals surface area contributed by atoms with Crippen molar-refractivity contribution in [3.8, 4) is 0 Å². The third kappa shape index (κ3) is 5.70. The first-order valence-corrected chi connectivity index (χ1v) is 8.80. The largest absolute Gasteiger partial charge is 0.381 e. The minimum Gasteiger partial charge on any atom is -0.381 e. The van der Waals surface area contributed by atoms with E-state index < -0.39 is 0 Å². The topological polar surface area (TPSA) is 24.5 Å². The van der Waals surface area contributed by atoms with Crippen LogP contribution in [0.15, 0.2) is 17.5 Å². The molecule has 1 aliphatic rings. The molecule has 1 fully saturated rings. The van der Waals surface area contributed by atoms with Crippen LogP contribution in [0, 0.1) is 5.41 Å². The van der Waals surface area contributed by atoms with Crippen LogP contribution in [0.5, 0.6) is 0 Å². The molecule has 0 bridgehead atoms. The molecular formula is C17H30N2OS. The number of nitrogens with zero attached hydrogens (tertiary/aromatic N) is 1. The van der Waals surface area contributed by atoms with E-state index in [1.54, 1.807) is 0 Å². The molecular weight excluding hydrogens is 280 g/mol. The van der Waals surface area contributed by atoms with Crippen molar-refractivity contribution in [2.75, 3.05) is 33.4 Å². The molecule has 120 valence electrons. The van der Waals surface area contributed by atoms with Crippen molar-refractivity contribution in [3.63, 3.8) is 0 Å². The molecule has 1 aromatic heterocycles. The highest BCUT2D eigenvalue weighted by Crippen LogP contribution is 2.32. The highest BCUT2D eigenvalue weighted by molar-refractivity contribution is 7.09. The Morgan fingerprint density at radius 2 is 2.05 bits per heavy atom. The van der Waals surface area contributed by atoms with Crippen molar-refractivity contribution in [1.29, 1.82) is 0 Å². The van der Waals surface area contributed by atoms with Crippen LogP contribution in [0.4, 0.5) is 0 Å². The van der Waals surface area contributed by atoms with Gasteiger partial charge >= 0.3 is 0 Å². The van der Waals surface area contributed by atoms with E-state index in [1.807, 2.05) is 11.3 Å². The molecule has 0 amide bonds. The van der Waals surface area contributed by atoms with E-state index in [2.05, 4.69) is 55.5 Å². The number of hydrogen-bond acceptors (Lipinski definition) is 4. The van der Waals surface area contributed by atoms with Gasteiger partial charge in [0.1, 0.15) is 0 Å². The Bertz CT molecular complexity index is 405. The lowest BCUT2D eigenvalue weighted by Crippen LogP contribution is -2.50. The van der Waals surface area contributed by atoms with Crippen molar-refractivity contribution in [3.05, 3.63) is 22.4 Å². The smallest absolute Gasteiger partial charge is 0.0472 e. The highest BCUT2D eigenvalue weighted by atomic mass is 32.1. The van der Waals surface area contributed by atoms with Gasteiger partial charge in [0.05, 0.1) is 0 Å². The standard InChI is InChI=1S/C17H30N2OS/c1-16(2,3)18-13-17(7-9-20-10-8-17)14-19(4)12-15-6-5-11-21-15/h5-6,11,18H,7-10,12-14H2,1-4H3. The molecule has 1 aromatic rings. The van der Waals surface area contributed by atoms with Gasteiger partial charge in [-0.1, -0.05) is 6.07 Å². The third-order valence-electron chi connectivity index (χ3n) is 4.16. The van der Waals surface area contributed by atoms with Gasteiger partial charge in [0.15, 0.2) is 0 Å². The van der Waals surface area contributed by atoms with E-state index in [0.717, 1.165) is 45.7 Å². The summed E-state index contributed by atoms with van der Waals surface area (Å²) in [7, 11) is 2.24. The molecule has 21 heavy (non-hydrogen) atoms. The van der Waals surface area contributed by atoms with Gasteiger partial charge in [-0.15, -0.1) is 11.3 Å². The normalized spacial score (nSPS) is 19.1. The fourth-order valence-corrected chi connectivity index (χ4v) is 3.73. The summed E-state index contributed by atoms with van der Waals surface area (Å²) in [5.74, 6) is 0. The second kappa shape index (κ2) is 7.23. The molecule has 0 saturated carbocycles. The zero-order valence-electron chi connectivity index (χ0n) is 13.9. The van der Waals surface area contributed by atoms with Crippen molar-refractivity contribution < 1.29 is 4.74 Å². The SMILES string of the molecule is CN(Cc1cccs1)CC1(CNC(C)(C)C)CCOCC1. The number of hydrogen-bond donors (Lipinski definition) is 1. The monoisotopic (exact) mass is 310 g/mol. The lowest BCUT2D eigenvalue weighted by atomic mass is 9.79. The minimum atomic E-state index is 0.178. The van der Waals surface area contributed by atoms with Crippen LogP contribution >= 0.6 is 11.3 Å². The Morgan fingerprint density at radius 1 is 1.33 bits per heavy atom. The second-order valence-corrected chi connectivity index (χ2v) is 8.50. The first-order valence-electron chi connectivity index (χ1n) is 7.92. The molecule has 4 heteroatoms. The van der Waals surface area contributed by atoms with Crippen molar-refractivity contribution in [2.45, 2.75) is 45.7 Å². The lowest BCUT2D eigenvalue weighted by Gasteiger charge is -2.42. The fourth-order valence-electron chi connectivity index (χ4n) is 2.94. The summed E-state index contributed by atoms with van der Waals surface area (Å²) < 4.78 is 5.60. The van der Waals surface area contributed by atoms with Crippen LogP contribution in [0.1, 0.15) is 38.5 Å². The zero-order valence-corrected chi connectivity index (χ0v) is 14.8. The summed E-state index contributed by atoms with van der Waals surface area (Å²) >= 11 is 1.85. The van der Waals surface area contributed by atoms with E-state index >= 15 is 0 Å². The third-order valence-corrected chi connectivity index (χ3v) is 5.02. The van der Waals surface area contributed by atoms with Gasteiger partial charge < -0.3 is 15.0 Å². The molecule has 2 rings (SSSR count). The molecule has 3 nitrogen and oxygen atoms in total. The van der Waals surface area contributed by atoms with Crippen molar-refractivity contribution in [2.24, 2.45) is 5.41 Å². The Morgan fingerprint density at radius 3 is 2.62 bits per heavy atom. The van der Waals surface area contributed by atoms with Crippen LogP contribution in [-0.4, -0.2) is 43.8 Å². The lowest BCUT2D eigenvalue weighted by molar-refractivity contribution is -0.00426. The number of nitrogens with one attached hydrogen (secondary N) is 1. The Labute approximate surface area is 133 Å². The molecule has 0 aliphatic carbocycles. The summed E-state index contributed by atoms with van der Waals surface area (Å²) in [6.45, 7) is 11.8. The van der Waals surface area contributed by atoms with Gasteiger partial charge in [0, 0.05) is 43.3 Å². The summed E-state index contributed by atoms with van der Waals surface area (Å²) in [6, 6.07) is 4.37.